The molecule has 3 rings (SSSR count). The van der Waals surface area contributed by atoms with Crippen molar-refractivity contribution in [2.75, 3.05) is 13.7 Å². The smallest absolute Gasteiger partial charge is 0.269 e. The molecule has 0 aliphatic rings. The average molecular weight is 498 g/mol. The van der Waals surface area contributed by atoms with Crippen LogP contribution >= 0.6 is 11.6 Å². The molecule has 10 heteroatoms. The van der Waals surface area contributed by atoms with Crippen LogP contribution in [0.1, 0.15) is 31.8 Å². The summed E-state index contributed by atoms with van der Waals surface area (Å²) >= 11 is 6.02. The van der Waals surface area contributed by atoms with Gasteiger partial charge in [-0.25, -0.2) is 0 Å². The highest BCUT2D eigenvalue weighted by Crippen LogP contribution is 2.28. The molecule has 0 saturated carbocycles. The quantitative estimate of drug-likeness (QED) is 0.389. The molecule has 0 saturated heterocycles. The topological polar surface area (TPSA) is 129 Å². The van der Waals surface area contributed by atoms with Gasteiger partial charge in [0.25, 0.3) is 17.7 Å². The Morgan fingerprint density at radius 1 is 0.857 bits per heavy atom. The van der Waals surface area contributed by atoms with E-state index >= 15 is 0 Å². The minimum absolute atomic E-state index is 0.207. The predicted molar refractivity (Wildman–Crippen MR) is 130 cm³/mol. The van der Waals surface area contributed by atoms with Crippen LogP contribution in [0.25, 0.3) is 0 Å². The second-order valence-electron chi connectivity index (χ2n) is 7.43. The summed E-state index contributed by atoms with van der Waals surface area (Å²) in [6.07, 6.45) is 0. The number of aryl methyl sites for hydroxylation is 1. The fourth-order valence-corrected chi connectivity index (χ4v) is 3.08. The molecule has 0 radical (unpaired) electrons. The summed E-state index contributed by atoms with van der Waals surface area (Å²) in [6, 6.07) is 16.5. The van der Waals surface area contributed by atoms with E-state index in [1.54, 1.807) is 36.4 Å². The first kappa shape index (κ1) is 25.4. The van der Waals surface area contributed by atoms with Gasteiger partial charge in [-0.15, -0.1) is 0 Å². The molecular formula is C25H24ClN3O6. The first-order chi connectivity index (χ1) is 16.8. The van der Waals surface area contributed by atoms with Crippen LogP contribution < -0.4 is 30.8 Å². The number of primary amides is 1. The Kier molecular flexibility index (Phi) is 8.53. The van der Waals surface area contributed by atoms with Crippen molar-refractivity contribution < 1.29 is 28.6 Å². The fourth-order valence-electron chi connectivity index (χ4n) is 2.96. The Bertz CT molecular complexity index is 1230. The van der Waals surface area contributed by atoms with Crippen LogP contribution in [0.15, 0.2) is 60.7 Å². The molecule has 3 aromatic carbocycles. The van der Waals surface area contributed by atoms with Crippen molar-refractivity contribution in [2.24, 2.45) is 5.73 Å². The van der Waals surface area contributed by atoms with Gasteiger partial charge in [0.2, 0.25) is 0 Å². The standard InChI is InChI=1S/C25H24ClN3O6/c1-15-11-19(8-9-20(15)26)34-13-16-3-5-17(6-4-16)24(31)28-29-25(32)18-7-10-21(22(12-18)33-2)35-14-23(27)30/h3-12H,13-14H2,1-2H3,(H2,27,30)(H,28,31)(H,29,32). The monoisotopic (exact) mass is 497 g/mol. The van der Waals surface area contributed by atoms with Gasteiger partial charge in [-0.2, -0.15) is 0 Å². The van der Waals surface area contributed by atoms with E-state index in [0.29, 0.717) is 22.9 Å². The molecule has 0 aromatic heterocycles. The SMILES string of the molecule is COc1cc(C(=O)NNC(=O)c2ccc(COc3ccc(Cl)c(C)c3)cc2)ccc1OCC(N)=O. The molecule has 182 valence electrons. The lowest BCUT2D eigenvalue weighted by molar-refractivity contribution is -0.119. The maximum Gasteiger partial charge on any atom is 0.269 e. The number of nitrogens with two attached hydrogens (primary N) is 1. The maximum atomic E-state index is 12.4. The number of rotatable bonds is 9. The molecule has 3 aromatic rings. The zero-order chi connectivity index (χ0) is 25.4. The summed E-state index contributed by atoms with van der Waals surface area (Å²) in [7, 11) is 1.39. The van der Waals surface area contributed by atoms with Gasteiger partial charge in [0.1, 0.15) is 12.4 Å². The Labute approximate surface area is 207 Å². The number of halogens is 1. The molecular weight excluding hydrogens is 474 g/mol. The molecule has 0 spiro atoms. The first-order valence-corrected chi connectivity index (χ1v) is 10.8. The molecule has 0 aliphatic carbocycles. The van der Waals surface area contributed by atoms with E-state index in [-0.39, 0.29) is 23.7 Å². The molecule has 35 heavy (non-hydrogen) atoms. The van der Waals surface area contributed by atoms with Gasteiger partial charge in [-0.1, -0.05) is 23.7 Å². The van der Waals surface area contributed by atoms with Gasteiger partial charge in [-0.3, -0.25) is 25.2 Å². The van der Waals surface area contributed by atoms with E-state index in [2.05, 4.69) is 10.9 Å². The van der Waals surface area contributed by atoms with E-state index in [1.165, 1.54) is 25.3 Å². The number of hydrogen-bond acceptors (Lipinski definition) is 6. The van der Waals surface area contributed by atoms with Crippen molar-refractivity contribution in [1.29, 1.82) is 0 Å². The van der Waals surface area contributed by atoms with Gasteiger partial charge in [-0.05, 0) is 66.6 Å². The molecule has 0 atom stereocenters. The summed E-state index contributed by atoms with van der Waals surface area (Å²) in [5.41, 5.74) is 12.1. The highest BCUT2D eigenvalue weighted by Gasteiger charge is 2.13. The zero-order valence-electron chi connectivity index (χ0n) is 19.1. The number of ether oxygens (including phenoxy) is 3. The first-order valence-electron chi connectivity index (χ1n) is 10.4. The van der Waals surface area contributed by atoms with Crippen LogP contribution in [0.4, 0.5) is 0 Å². The van der Waals surface area contributed by atoms with Gasteiger partial charge in [0, 0.05) is 16.1 Å². The highest BCUT2D eigenvalue weighted by atomic mass is 35.5. The number of hydrazine groups is 1. The molecule has 3 amide bonds. The van der Waals surface area contributed by atoms with Crippen molar-refractivity contribution in [3.05, 3.63) is 87.9 Å². The lowest BCUT2D eigenvalue weighted by Crippen LogP contribution is -2.41. The summed E-state index contributed by atoms with van der Waals surface area (Å²) in [4.78, 5) is 35.7. The molecule has 4 N–H and O–H groups in total. The van der Waals surface area contributed by atoms with Gasteiger partial charge in [0.05, 0.1) is 7.11 Å². The predicted octanol–water partition coefficient (Wildman–Crippen LogP) is 3.17. The molecule has 9 nitrogen and oxygen atoms in total. The summed E-state index contributed by atoms with van der Waals surface area (Å²) in [5.74, 6) is -0.526. The second kappa shape index (κ2) is 11.8. The van der Waals surface area contributed by atoms with Gasteiger partial charge < -0.3 is 19.9 Å². The Balaban J connectivity index is 1.53. The van der Waals surface area contributed by atoms with Crippen LogP contribution in [0.3, 0.4) is 0 Å². The lowest BCUT2D eigenvalue weighted by Gasteiger charge is -2.12. The van der Waals surface area contributed by atoms with Crippen molar-refractivity contribution in [3.63, 3.8) is 0 Å². The van der Waals surface area contributed by atoms with Crippen molar-refractivity contribution in [2.45, 2.75) is 13.5 Å². The third kappa shape index (κ3) is 7.12. The Morgan fingerprint density at radius 3 is 2.14 bits per heavy atom. The van der Waals surface area contributed by atoms with Gasteiger partial charge >= 0.3 is 0 Å². The van der Waals surface area contributed by atoms with E-state index in [1.807, 2.05) is 13.0 Å². The molecule has 0 aliphatic heterocycles. The van der Waals surface area contributed by atoms with E-state index in [4.69, 9.17) is 31.5 Å². The van der Waals surface area contributed by atoms with Gasteiger partial charge in [0.15, 0.2) is 18.1 Å². The number of carbonyl (C=O) groups is 3. The van der Waals surface area contributed by atoms with E-state index < -0.39 is 17.7 Å². The fraction of sp³-hybridized carbons (Fsp3) is 0.160. The normalized spacial score (nSPS) is 10.3. The maximum absolute atomic E-state index is 12.4. The average Bonchev–Trinajstić information content (AvgIpc) is 2.86. The van der Waals surface area contributed by atoms with Crippen LogP contribution in [0.2, 0.25) is 5.02 Å². The van der Waals surface area contributed by atoms with Crippen molar-refractivity contribution >= 4 is 29.3 Å². The highest BCUT2D eigenvalue weighted by molar-refractivity contribution is 6.31. The molecule has 0 unspecified atom stereocenters. The molecule has 0 bridgehead atoms. The zero-order valence-corrected chi connectivity index (χ0v) is 19.8. The third-order valence-corrected chi connectivity index (χ3v) is 5.26. The minimum atomic E-state index is -0.645. The Hall–Kier alpha value is -4.24. The van der Waals surface area contributed by atoms with Crippen LogP contribution in [0.5, 0.6) is 17.2 Å². The minimum Gasteiger partial charge on any atom is -0.493 e. The number of benzene rings is 3. The summed E-state index contributed by atoms with van der Waals surface area (Å²) in [5, 5.41) is 0.671. The van der Waals surface area contributed by atoms with E-state index in [0.717, 1.165) is 11.1 Å². The van der Waals surface area contributed by atoms with Crippen molar-refractivity contribution in [1.82, 2.24) is 10.9 Å². The summed E-state index contributed by atoms with van der Waals surface area (Å²) in [6.45, 7) is 1.89. The van der Waals surface area contributed by atoms with Crippen molar-refractivity contribution in [3.8, 4) is 17.2 Å². The van der Waals surface area contributed by atoms with Crippen LogP contribution in [-0.2, 0) is 11.4 Å². The number of methoxy groups -OCH3 is 1. The Morgan fingerprint density at radius 2 is 1.51 bits per heavy atom. The molecule has 0 heterocycles. The number of carbonyl (C=O) groups excluding carboxylic acids is 3. The molecule has 0 fully saturated rings. The lowest BCUT2D eigenvalue weighted by atomic mass is 10.1. The summed E-state index contributed by atoms with van der Waals surface area (Å²) < 4.78 is 16.2. The number of hydrogen-bond donors (Lipinski definition) is 3. The number of nitrogens with one attached hydrogen (secondary N) is 2. The second-order valence-corrected chi connectivity index (χ2v) is 7.83. The third-order valence-electron chi connectivity index (χ3n) is 4.84. The van der Waals surface area contributed by atoms with E-state index in [9.17, 15) is 14.4 Å². The number of amides is 3. The van der Waals surface area contributed by atoms with Crippen LogP contribution in [0, 0.1) is 6.92 Å². The van der Waals surface area contributed by atoms with Crippen LogP contribution in [-0.4, -0.2) is 31.4 Å². The largest absolute Gasteiger partial charge is 0.493 e.